The summed E-state index contributed by atoms with van der Waals surface area (Å²) in [6, 6.07) is 3.00. The number of anilines is 1. The number of rotatable bonds is 4. The predicted molar refractivity (Wildman–Crippen MR) is 153 cm³/mol. The van der Waals surface area contributed by atoms with E-state index in [-0.39, 0.29) is 61.9 Å². The molecule has 1 saturated heterocycles. The summed E-state index contributed by atoms with van der Waals surface area (Å²) in [6.07, 6.45) is -4.80. The van der Waals surface area contributed by atoms with Crippen molar-refractivity contribution in [3.8, 4) is 11.1 Å². The molecule has 4 aromatic rings. The number of nitrogens with zero attached hydrogens (tertiary/aromatic N) is 4. The summed E-state index contributed by atoms with van der Waals surface area (Å²) in [5, 5.41) is 3.61. The number of hydrogen-bond acceptors (Lipinski definition) is 8. The number of aromatic nitrogens is 3. The van der Waals surface area contributed by atoms with E-state index in [0.29, 0.717) is 29.9 Å². The molecule has 2 aliphatic rings. The highest BCUT2D eigenvalue weighted by Gasteiger charge is 2.40. The Morgan fingerprint density at radius 3 is 2.51 bits per heavy atom. The molecule has 8 nitrogen and oxygen atoms in total. The fourth-order valence-corrected chi connectivity index (χ4v) is 8.29. The third-order valence-electron chi connectivity index (χ3n) is 7.60. The molecule has 0 aliphatic carbocycles. The van der Waals surface area contributed by atoms with Crippen molar-refractivity contribution in [2.75, 3.05) is 37.5 Å². The fraction of sp³-hybridized carbons (Fsp3) is 0.444. The molecule has 0 bridgehead atoms. The van der Waals surface area contributed by atoms with Crippen LogP contribution in [0.4, 0.5) is 23.4 Å². The number of thiazole rings is 1. The van der Waals surface area contributed by atoms with Gasteiger partial charge in [-0.05, 0) is 32.0 Å². The minimum Gasteiger partial charge on any atom is -0.383 e. The lowest BCUT2D eigenvalue weighted by Gasteiger charge is -2.38. The second-order valence-corrected chi connectivity index (χ2v) is 12.6. The Kier molecular flexibility index (Phi) is 6.95. The van der Waals surface area contributed by atoms with Crippen LogP contribution in [-0.4, -0.2) is 58.8 Å². The number of alkyl halides is 3. The summed E-state index contributed by atoms with van der Waals surface area (Å²) >= 11 is 1.84. The first-order valence-corrected chi connectivity index (χ1v) is 14.8. The van der Waals surface area contributed by atoms with Gasteiger partial charge in [0.25, 0.3) is 0 Å². The van der Waals surface area contributed by atoms with Crippen LogP contribution in [0.25, 0.3) is 32.2 Å². The maximum Gasteiger partial charge on any atom is 0.417 e. The number of fused-ring (bicyclic) bond motifs is 1. The number of benzene rings is 2. The molecule has 1 N–H and O–H groups in total. The summed E-state index contributed by atoms with van der Waals surface area (Å²) in [5.41, 5.74) is -1.21. The van der Waals surface area contributed by atoms with Crippen molar-refractivity contribution in [2.45, 2.75) is 43.0 Å². The fourth-order valence-electron chi connectivity index (χ4n) is 6.06. The lowest BCUT2D eigenvalue weighted by molar-refractivity contribution is -0.137. The number of nitrogens with one attached hydrogen (secondary N) is 1. The Labute approximate surface area is 239 Å². The zero-order chi connectivity index (χ0) is 29.4. The average molecular weight is 610 g/mol. The quantitative estimate of drug-likeness (QED) is 0.339. The van der Waals surface area contributed by atoms with Crippen molar-refractivity contribution in [2.24, 2.45) is 7.05 Å². The first-order chi connectivity index (χ1) is 19.4. The van der Waals surface area contributed by atoms with Crippen molar-refractivity contribution in [3.05, 3.63) is 49.7 Å². The van der Waals surface area contributed by atoms with E-state index >= 15 is 0 Å². The summed E-state index contributed by atoms with van der Waals surface area (Å²) < 4.78 is 67.6. The topological polar surface area (TPSA) is 81.4 Å². The van der Waals surface area contributed by atoms with Crippen LogP contribution >= 0.6 is 23.1 Å². The first kappa shape index (κ1) is 28.2. The van der Waals surface area contributed by atoms with E-state index in [4.69, 9.17) is 4.74 Å². The van der Waals surface area contributed by atoms with Crippen molar-refractivity contribution in [1.82, 2.24) is 19.4 Å². The summed E-state index contributed by atoms with van der Waals surface area (Å²) in [5.74, 6) is -0.224. The molecular formula is C27H27F4N5O3S2. The van der Waals surface area contributed by atoms with Crippen molar-refractivity contribution < 1.29 is 22.3 Å². The highest BCUT2D eigenvalue weighted by molar-refractivity contribution is 7.99. The monoisotopic (exact) mass is 609 g/mol. The molecule has 2 aromatic heterocycles. The first-order valence-electron chi connectivity index (χ1n) is 13.0. The van der Waals surface area contributed by atoms with Crippen molar-refractivity contribution in [1.29, 1.82) is 0 Å². The van der Waals surface area contributed by atoms with Gasteiger partial charge in [0, 0.05) is 66.5 Å². The molecule has 2 aromatic carbocycles. The molecule has 0 spiro atoms. The van der Waals surface area contributed by atoms with E-state index in [1.165, 1.54) is 41.1 Å². The molecule has 4 heterocycles. The van der Waals surface area contributed by atoms with Gasteiger partial charge in [-0.3, -0.25) is 9.36 Å². The number of ether oxygens (including phenoxy) is 1. The van der Waals surface area contributed by atoms with Crippen LogP contribution in [-0.2, 0) is 18.0 Å². The van der Waals surface area contributed by atoms with Gasteiger partial charge in [-0.25, -0.2) is 9.18 Å². The predicted octanol–water partition coefficient (Wildman–Crippen LogP) is 4.61. The van der Waals surface area contributed by atoms with Gasteiger partial charge in [0.15, 0.2) is 0 Å². The van der Waals surface area contributed by atoms with Crippen molar-refractivity contribution >= 4 is 50.0 Å². The van der Waals surface area contributed by atoms with Crippen LogP contribution in [0.1, 0.15) is 25.5 Å². The summed E-state index contributed by atoms with van der Waals surface area (Å²) in [7, 11) is 2.91. The minimum atomic E-state index is -4.80. The maximum absolute atomic E-state index is 15.0. The molecule has 218 valence electrons. The zero-order valence-electron chi connectivity index (χ0n) is 22.6. The Hall–Kier alpha value is -2.94. The maximum atomic E-state index is 15.0. The molecule has 1 fully saturated rings. The smallest absolute Gasteiger partial charge is 0.383 e. The molecule has 41 heavy (non-hydrogen) atoms. The standard InChI is InChI=1S/C27H27F4N5O3S2/c1-12-8-35(9-13(2)32-12)24-16-7-17(27(29,30)31)19(15-5-6-18(28)22-20(15)34(3)26(38)41-22)23-21(16)36(25(37)33-24)14(10-39-4)11-40-23/h5-7,12-14,32H,8-11H2,1-4H3/t12-,13+,14-/m0/s1. The Bertz CT molecular complexity index is 1810. The molecule has 0 unspecified atom stereocenters. The number of piperazine rings is 1. The molecule has 0 saturated carbocycles. The van der Waals surface area contributed by atoms with Crippen LogP contribution < -0.4 is 20.8 Å². The van der Waals surface area contributed by atoms with E-state index in [9.17, 15) is 27.2 Å². The minimum absolute atomic E-state index is 0.0229. The van der Waals surface area contributed by atoms with Crippen LogP contribution in [0.3, 0.4) is 0 Å². The number of aryl methyl sites for hydroxylation is 1. The third-order valence-corrected chi connectivity index (χ3v) is 9.88. The van der Waals surface area contributed by atoms with Crippen LogP contribution in [0, 0.1) is 5.82 Å². The van der Waals surface area contributed by atoms with Gasteiger partial charge in [-0.1, -0.05) is 11.3 Å². The van der Waals surface area contributed by atoms with Crippen LogP contribution in [0.5, 0.6) is 0 Å². The SMILES string of the molecule is COC[C@H]1CSc2c(-c3ccc(F)c4sc(=O)n(C)c34)c(C(F)(F)F)cc3c(N4C[C@@H](C)N[C@@H](C)C4)nc(=O)n1c23. The molecular weight excluding hydrogens is 582 g/mol. The Morgan fingerprint density at radius 1 is 1.15 bits per heavy atom. The highest BCUT2D eigenvalue weighted by atomic mass is 32.2. The van der Waals surface area contributed by atoms with E-state index in [1.807, 2.05) is 18.7 Å². The number of thioether (sulfide) groups is 1. The van der Waals surface area contributed by atoms with Gasteiger partial charge in [0.05, 0.1) is 33.9 Å². The molecule has 14 heteroatoms. The van der Waals surface area contributed by atoms with Gasteiger partial charge in [-0.15, -0.1) is 11.8 Å². The zero-order valence-corrected chi connectivity index (χ0v) is 24.3. The summed E-state index contributed by atoms with van der Waals surface area (Å²) in [6.45, 7) is 5.02. The van der Waals surface area contributed by atoms with Gasteiger partial charge in [-0.2, -0.15) is 18.2 Å². The molecule has 0 radical (unpaired) electrons. The van der Waals surface area contributed by atoms with Gasteiger partial charge in [0.1, 0.15) is 11.6 Å². The van der Waals surface area contributed by atoms with Crippen molar-refractivity contribution in [3.63, 3.8) is 0 Å². The largest absolute Gasteiger partial charge is 0.417 e. The normalized spacial score (nSPS) is 21.3. The number of hydrogen-bond donors (Lipinski definition) is 1. The average Bonchev–Trinajstić information content (AvgIpc) is 3.20. The number of methoxy groups -OCH3 is 1. The van der Waals surface area contributed by atoms with E-state index < -0.39 is 34.2 Å². The molecule has 6 rings (SSSR count). The molecule has 2 aliphatic heterocycles. The van der Waals surface area contributed by atoms with Crippen LogP contribution in [0.2, 0.25) is 0 Å². The lowest BCUT2D eigenvalue weighted by atomic mass is 9.95. The van der Waals surface area contributed by atoms with Crippen LogP contribution in [0.15, 0.2) is 32.7 Å². The van der Waals surface area contributed by atoms with Gasteiger partial charge in [0.2, 0.25) is 0 Å². The lowest BCUT2D eigenvalue weighted by Crippen LogP contribution is -2.55. The summed E-state index contributed by atoms with van der Waals surface area (Å²) in [4.78, 5) is 32.1. The van der Waals surface area contributed by atoms with Gasteiger partial charge < -0.3 is 19.5 Å². The Morgan fingerprint density at radius 2 is 1.85 bits per heavy atom. The molecule has 3 atom stereocenters. The molecule has 0 amide bonds. The Balaban J connectivity index is 1.78. The number of halogens is 4. The van der Waals surface area contributed by atoms with Gasteiger partial charge >= 0.3 is 16.7 Å². The second-order valence-electron chi connectivity index (χ2n) is 10.6. The second kappa shape index (κ2) is 10.1. The van der Waals surface area contributed by atoms with E-state index in [0.717, 1.165) is 12.1 Å². The third kappa shape index (κ3) is 4.55. The highest BCUT2D eigenvalue weighted by Crippen LogP contribution is 2.51. The van der Waals surface area contributed by atoms with E-state index in [1.54, 1.807) is 0 Å². The van der Waals surface area contributed by atoms with E-state index in [2.05, 4.69) is 10.3 Å².